The zero-order valence-electron chi connectivity index (χ0n) is 34.1. The molecular formula is C53H39N5OPt. The smallest absolute Gasteiger partial charge is 0.497 e. The fraction of sp³-hybridized carbons (Fsp3) is 0.113. The van der Waals surface area contributed by atoms with Crippen molar-refractivity contribution in [2.24, 2.45) is 0 Å². The molecule has 0 unspecified atom stereocenters. The Morgan fingerprint density at radius 2 is 1.08 bits per heavy atom. The van der Waals surface area contributed by atoms with Gasteiger partial charge in [0, 0.05) is 52.9 Å². The Hall–Kier alpha value is -6.62. The summed E-state index contributed by atoms with van der Waals surface area (Å²) >= 11 is 0. The van der Waals surface area contributed by atoms with Gasteiger partial charge in [-0.1, -0.05) is 113 Å². The molecule has 0 saturated carbocycles. The third kappa shape index (κ3) is 5.62. The maximum Gasteiger partial charge on any atom is 2.00 e. The van der Waals surface area contributed by atoms with E-state index >= 15 is 0 Å². The van der Waals surface area contributed by atoms with Crippen molar-refractivity contribution in [1.29, 1.82) is 0 Å². The van der Waals surface area contributed by atoms with E-state index in [-0.39, 0.29) is 21.1 Å². The second kappa shape index (κ2) is 14.3. The first-order chi connectivity index (χ1) is 28.8. The van der Waals surface area contributed by atoms with E-state index in [2.05, 4.69) is 154 Å². The van der Waals surface area contributed by atoms with Gasteiger partial charge in [0.05, 0.1) is 28.0 Å². The number of benzene rings is 6. The van der Waals surface area contributed by atoms with Crippen molar-refractivity contribution in [2.75, 3.05) is 0 Å². The van der Waals surface area contributed by atoms with Gasteiger partial charge in [-0.15, -0.1) is 12.1 Å². The molecule has 0 amide bonds. The average Bonchev–Trinajstić information content (AvgIpc) is 3.90. The maximum absolute atomic E-state index is 6.69. The van der Waals surface area contributed by atoms with E-state index in [1.807, 2.05) is 36.8 Å². The Kier molecular flexibility index (Phi) is 8.96. The molecule has 0 spiro atoms. The van der Waals surface area contributed by atoms with Gasteiger partial charge < -0.3 is 13.5 Å². The zero-order valence-corrected chi connectivity index (χ0v) is 36.4. The number of imidazole rings is 2. The monoisotopic (exact) mass is 956 g/mol. The molecule has 6 aromatic carbocycles. The summed E-state index contributed by atoms with van der Waals surface area (Å²) in [5.74, 6) is 1.14. The van der Waals surface area contributed by atoms with Gasteiger partial charge in [-0.3, -0.25) is 15.0 Å². The van der Waals surface area contributed by atoms with Gasteiger partial charge in [-0.2, -0.15) is 0 Å². The van der Waals surface area contributed by atoms with E-state index in [0.717, 1.165) is 60.5 Å². The number of pyridine rings is 3. The molecular weight excluding hydrogens is 918 g/mol. The standard InChI is InChI=1S/C53H39N5O.Pt/c1-30-11-7-12-31(2)46(30)40-22-23-41(47-32(3)13-8-14-33(47)4)51-49(40)38-20-18-36(27-42(38)52-55-25-26-57(51)52)59-37-19-21-39-43(28-37)53-56-29-45(48-34(5)15-9-16-35(48)6)58(53)44-17-10-24-54-50(39)44;/h7-26,29H,1-6H3;/q-2;+2. The molecule has 0 aliphatic rings. The number of fused-ring (bicyclic) bond motifs is 12. The molecule has 0 aliphatic carbocycles. The van der Waals surface area contributed by atoms with Gasteiger partial charge >= 0.3 is 21.1 Å². The molecule has 0 N–H and O–H groups in total. The van der Waals surface area contributed by atoms with Gasteiger partial charge in [0.15, 0.2) is 0 Å². The number of hydrogen-bond acceptors (Lipinski definition) is 4. The molecule has 7 heteroatoms. The van der Waals surface area contributed by atoms with Crippen LogP contribution in [0, 0.1) is 53.7 Å². The number of nitrogens with zero attached hydrogens (tertiary/aromatic N) is 5. The molecule has 11 rings (SSSR count). The van der Waals surface area contributed by atoms with Crippen LogP contribution in [0.15, 0.2) is 128 Å². The van der Waals surface area contributed by atoms with Crippen LogP contribution in [0.1, 0.15) is 33.4 Å². The molecule has 292 valence electrons. The molecule has 5 aromatic heterocycles. The van der Waals surface area contributed by atoms with E-state index in [9.17, 15) is 0 Å². The minimum absolute atomic E-state index is 0. The summed E-state index contributed by atoms with van der Waals surface area (Å²) < 4.78 is 11.1. The molecule has 5 heterocycles. The predicted octanol–water partition coefficient (Wildman–Crippen LogP) is 13.2. The SMILES string of the molecule is Cc1cccc(C)c1-c1ccc(-c2c(C)cccc2C)c2c1c1ccc(Oc3[c-]c4c(cc3)c3ncccc3n3c(-c5c(C)cccc5C)cnc43)[c-]c1c1nccn12.[Pt+2]. The van der Waals surface area contributed by atoms with Crippen LogP contribution in [0.25, 0.3) is 88.3 Å². The van der Waals surface area contributed by atoms with Crippen LogP contribution in [0.5, 0.6) is 11.5 Å². The van der Waals surface area contributed by atoms with Gasteiger partial charge in [0.25, 0.3) is 0 Å². The molecule has 60 heavy (non-hydrogen) atoms. The van der Waals surface area contributed by atoms with Crippen LogP contribution in [0.2, 0.25) is 0 Å². The van der Waals surface area contributed by atoms with Crippen molar-refractivity contribution < 1.29 is 25.8 Å². The fourth-order valence-electron chi connectivity index (χ4n) is 9.57. The molecule has 0 fully saturated rings. The van der Waals surface area contributed by atoms with Crippen LogP contribution in [-0.2, 0) is 21.1 Å². The van der Waals surface area contributed by atoms with Crippen LogP contribution in [0.3, 0.4) is 0 Å². The third-order valence-electron chi connectivity index (χ3n) is 12.1. The molecule has 0 bridgehead atoms. The summed E-state index contributed by atoms with van der Waals surface area (Å²) in [5, 5.41) is 4.91. The Morgan fingerprint density at radius 3 is 1.73 bits per heavy atom. The van der Waals surface area contributed by atoms with E-state index in [4.69, 9.17) is 19.7 Å². The summed E-state index contributed by atoms with van der Waals surface area (Å²) in [6.07, 6.45) is 7.76. The first-order valence-corrected chi connectivity index (χ1v) is 20.0. The summed E-state index contributed by atoms with van der Waals surface area (Å²) in [4.78, 5) is 14.8. The largest absolute Gasteiger partial charge is 2.00 e. The van der Waals surface area contributed by atoms with Crippen molar-refractivity contribution in [1.82, 2.24) is 23.8 Å². The number of rotatable bonds is 5. The summed E-state index contributed by atoms with van der Waals surface area (Å²) in [5.41, 5.74) is 19.0. The molecule has 11 aromatic rings. The Labute approximate surface area is 362 Å². The maximum atomic E-state index is 6.69. The predicted molar refractivity (Wildman–Crippen MR) is 241 cm³/mol. The van der Waals surface area contributed by atoms with Crippen molar-refractivity contribution >= 4 is 54.8 Å². The van der Waals surface area contributed by atoms with Gasteiger partial charge in [0.2, 0.25) is 0 Å². The summed E-state index contributed by atoms with van der Waals surface area (Å²) in [6, 6.07) is 43.6. The normalized spacial score (nSPS) is 11.7. The third-order valence-corrected chi connectivity index (χ3v) is 12.1. The Bertz CT molecular complexity index is 3500. The van der Waals surface area contributed by atoms with Crippen molar-refractivity contribution in [2.45, 2.75) is 41.5 Å². The topological polar surface area (TPSA) is 56.7 Å². The number of ether oxygens (including phenoxy) is 1. The molecule has 6 nitrogen and oxygen atoms in total. The van der Waals surface area contributed by atoms with E-state index in [0.29, 0.717) is 11.5 Å². The van der Waals surface area contributed by atoms with Gasteiger partial charge in [0.1, 0.15) is 0 Å². The van der Waals surface area contributed by atoms with Crippen LogP contribution in [0.4, 0.5) is 0 Å². The molecule has 0 aliphatic heterocycles. The fourth-order valence-corrected chi connectivity index (χ4v) is 9.57. The van der Waals surface area contributed by atoms with Crippen molar-refractivity contribution in [3.05, 3.63) is 173 Å². The molecule has 0 atom stereocenters. The van der Waals surface area contributed by atoms with Crippen molar-refractivity contribution in [3.63, 3.8) is 0 Å². The van der Waals surface area contributed by atoms with E-state index in [1.165, 1.54) is 61.2 Å². The first kappa shape index (κ1) is 37.6. The quantitative estimate of drug-likeness (QED) is 0.127. The summed E-state index contributed by atoms with van der Waals surface area (Å²) in [7, 11) is 0. The van der Waals surface area contributed by atoms with Crippen LogP contribution >= 0.6 is 0 Å². The van der Waals surface area contributed by atoms with Crippen LogP contribution in [-0.4, -0.2) is 23.8 Å². The second-order valence-electron chi connectivity index (χ2n) is 15.8. The van der Waals surface area contributed by atoms with Gasteiger partial charge in [-0.05, 0) is 109 Å². The Balaban J connectivity index is 0.00000433. The number of aromatic nitrogens is 5. The number of hydrogen-bond donors (Lipinski definition) is 0. The molecule has 0 saturated heterocycles. The van der Waals surface area contributed by atoms with E-state index < -0.39 is 0 Å². The van der Waals surface area contributed by atoms with Crippen LogP contribution < -0.4 is 4.74 Å². The second-order valence-corrected chi connectivity index (χ2v) is 15.8. The average molecular weight is 957 g/mol. The van der Waals surface area contributed by atoms with E-state index in [1.54, 1.807) is 0 Å². The first-order valence-electron chi connectivity index (χ1n) is 20.0. The van der Waals surface area contributed by atoms with Gasteiger partial charge in [-0.25, -0.2) is 0 Å². The number of aryl methyl sites for hydroxylation is 6. The molecule has 0 radical (unpaired) electrons. The zero-order chi connectivity index (χ0) is 40.1. The van der Waals surface area contributed by atoms with Crippen molar-refractivity contribution in [3.8, 4) is 45.0 Å². The summed E-state index contributed by atoms with van der Waals surface area (Å²) in [6.45, 7) is 13.1. The minimum atomic E-state index is 0. The minimum Gasteiger partial charge on any atom is -0.497 e. The Morgan fingerprint density at radius 1 is 0.517 bits per heavy atom.